The van der Waals surface area contributed by atoms with Crippen LogP contribution < -0.4 is 0 Å². The highest BCUT2D eigenvalue weighted by Gasteiger charge is 2.27. The fourth-order valence-electron chi connectivity index (χ4n) is 5.99. The molecule has 10 nitrogen and oxygen atoms in total. The summed E-state index contributed by atoms with van der Waals surface area (Å²) >= 11 is 0. The van der Waals surface area contributed by atoms with Crippen molar-refractivity contribution in [2.24, 2.45) is 0 Å². The largest absolute Gasteiger partial charge is 0.472 e. The zero-order chi connectivity index (χ0) is 42.3. The van der Waals surface area contributed by atoms with Crippen LogP contribution in [0.2, 0.25) is 0 Å². The van der Waals surface area contributed by atoms with Gasteiger partial charge in [0.25, 0.3) is 0 Å². The van der Waals surface area contributed by atoms with Crippen molar-refractivity contribution in [3.05, 3.63) is 36.5 Å². The van der Waals surface area contributed by atoms with Crippen LogP contribution in [0.1, 0.15) is 187 Å². The van der Waals surface area contributed by atoms with E-state index in [9.17, 15) is 23.8 Å². The number of unbranched alkanes of at least 4 members (excludes halogenated alkanes) is 20. The van der Waals surface area contributed by atoms with Gasteiger partial charge in [-0.25, -0.2) is 4.57 Å². The van der Waals surface area contributed by atoms with Crippen LogP contribution in [-0.4, -0.2) is 80.7 Å². The fraction of sp³-hybridized carbons (Fsp3) is 0.804. The summed E-state index contributed by atoms with van der Waals surface area (Å²) in [6, 6.07) is 0. The molecule has 0 spiro atoms. The molecule has 0 aliphatic heterocycles. The van der Waals surface area contributed by atoms with Gasteiger partial charge < -0.3 is 18.9 Å². The Balaban J connectivity index is 4.41. The number of allylic oxidation sites excluding steroid dienone is 6. The van der Waals surface area contributed by atoms with E-state index in [-0.39, 0.29) is 31.8 Å². The minimum atomic E-state index is -4.39. The van der Waals surface area contributed by atoms with Crippen molar-refractivity contribution in [3.63, 3.8) is 0 Å². The number of rotatable bonds is 41. The molecule has 0 aliphatic carbocycles. The molecule has 1 N–H and O–H groups in total. The number of nitrogens with zero attached hydrogens (tertiary/aromatic N) is 1. The van der Waals surface area contributed by atoms with E-state index in [2.05, 4.69) is 32.1 Å². The fourth-order valence-corrected chi connectivity index (χ4v) is 6.73. The van der Waals surface area contributed by atoms with Crippen molar-refractivity contribution < 1.29 is 46.8 Å². The third-order valence-electron chi connectivity index (χ3n) is 9.62. The Hall–Kier alpha value is -2.10. The van der Waals surface area contributed by atoms with E-state index >= 15 is 0 Å². The number of quaternary nitrogens is 1. The Morgan fingerprint density at radius 3 is 1.61 bits per heavy atom. The van der Waals surface area contributed by atoms with Gasteiger partial charge in [-0.3, -0.25) is 23.4 Å². The van der Waals surface area contributed by atoms with Crippen molar-refractivity contribution in [2.45, 2.75) is 193 Å². The Morgan fingerprint density at radius 2 is 1.05 bits per heavy atom. The number of phosphoric acid groups is 1. The molecule has 0 rings (SSSR count). The van der Waals surface area contributed by atoms with Crippen molar-refractivity contribution >= 4 is 25.5 Å². The maximum absolute atomic E-state index is 12.7. The highest BCUT2D eigenvalue weighted by Crippen LogP contribution is 2.43. The first-order valence-electron chi connectivity index (χ1n) is 22.7. The van der Waals surface area contributed by atoms with Crippen LogP contribution in [0.5, 0.6) is 0 Å². The average molecular weight is 827 g/mol. The lowest BCUT2D eigenvalue weighted by atomic mass is 10.1. The van der Waals surface area contributed by atoms with Gasteiger partial charge in [-0.05, 0) is 63.9 Å². The topological polar surface area (TPSA) is 125 Å². The summed E-state index contributed by atoms with van der Waals surface area (Å²) in [5.74, 6) is -0.684. The van der Waals surface area contributed by atoms with Crippen LogP contribution in [0.3, 0.4) is 0 Å². The molecular formula is C46H85NO9P+. The third kappa shape index (κ3) is 41.8. The molecule has 0 aromatic carbocycles. The lowest BCUT2D eigenvalue weighted by molar-refractivity contribution is -0.870. The van der Waals surface area contributed by atoms with Gasteiger partial charge in [-0.2, -0.15) is 0 Å². The zero-order valence-corrected chi connectivity index (χ0v) is 38.0. The molecule has 57 heavy (non-hydrogen) atoms. The zero-order valence-electron chi connectivity index (χ0n) is 37.1. The SMILES string of the molecule is CCCCCCCC/C=C\CCCCCCCCCC(=O)O[C@H](COC(=O)CCCCCCC/C=C\C=C\C(=O)CCCCC)COP(=O)(O)OCC[N+](C)(C)C. The van der Waals surface area contributed by atoms with E-state index in [0.717, 1.165) is 77.0 Å². The van der Waals surface area contributed by atoms with Crippen molar-refractivity contribution in [2.75, 3.05) is 47.5 Å². The molecule has 0 fully saturated rings. The van der Waals surface area contributed by atoms with E-state index in [1.807, 2.05) is 33.3 Å². The number of hydrogen-bond acceptors (Lipinski definition) is 8. The second-order valence-electron chi connectivity index (χ2n) is 16.5. The smallest absolute Gasteiger partial charge is 0.462 e. The summed E-state index contributed by atoms with van der Waals surface area (Å²) in [7, 11) is 1.42. The minimum absolute atomic E-state index is 0.0164. The maximum atomic E-state index is 12.7. The summed E-state index contributed by atoms with van der Waals surface area (Å²) in [5, 5.41) is 0. The Morgan fingerprint density at radius 1 is 0.579 bits per heavy atom. The van der Waals surface area contributed by atoms with Crippen LogP contribution >= 0.6 is 7.82 Å². The van der Waals surface area contributed by atoms with E-state index < -0.39 is 32.5 Å². The van der Waals surface area contributed by atoms with Gasteiger partial charge in [0.15, 0.2) is 11.9 Å². The Labute approximate surface area is 348 Å². The molecule has 2 atom stereocenters. The predicted molar refractivity (Wildman–Crippen MR) is 234 cm³/mol. The molecule has 0 aromatic heterocycles. The van der Waals surface area contributed by atoms with E-state index in [4.69, 9.17) is 18.5 Å². The summed E-state index contributed by atoms with van der Waals surface area (Å²) in [6.45, 7) is 4.21. The molecule has 0 heterocycles. The van der Waals surface area contributed by atoms with Crippen LogP contribution in [0.15, 0.2) is 36.5 Å². The number of carbonyl (C=O) groups is 3. The third-order valence-corrected chi connectivity index (χ3v) is 10.6. The first kappa shape index (κ1) is 54.9. The first-order chi connectivity index (χ1) is 27.4. The van der Waals surface area contributed by atoms with Gasteiger partial charge in [0, 0.05) is 19.3 Å². The lowest BCUT2D eigenvalue weighted by Gasteiger charge is -2.24. The van der Waals surface area contributed by atoms with Crippen molar-refractivity contribution in [3.8, 4) is 0 Å². The summed E-state index contributed by atoms with van der Waals surface area (Å²) in [5.41, 5.74) is 0. The van der Waals surface area contributed by atoms with Gasteiger partial charge in [-0.1, -0.05) is 141 Å². The standard InChI is InChI=1S/C46H84NO9P/c1-6-8-10-11-12-13-14-15-16-17-18-19-20-23-27-30-34-38-46(50)56-44(42-55-57(51,52)54-40-39-47(3,4)5)41-53-45(49)37-33-29-26-24-21-22-25-28-32-36-43(48)35-31-9-7-2/h15-16,25,28,32,36,44H,6-14,17-24,26-27,29-31,33-35,37-42H2,1-5H3/p+1/b16-15-,28-25-,36-32+/t44-/m1/s1. The number of carbonyl (C=O) groups excluding carboxylic acids is 3. The quantitative estimate of drug-likeness (QED) is 0.0122. The number of likely N-dealkylation sites (N-methyl/N-ethyl adjacent to an activating group) is 1. The van der Waals surface area contributed by atoms with Crippen LogP contribution in [-0.2, 0) is 37.5 Å². The average Bonchev–Trinajstić information content (AvgIpc) is 3.15. The van der Waals surface area contributed by atoms with Crippen LogP contribution in [0.4, 0.5) is 0 Å². The molecule has 1 unspecified atom stereocenters. The number of ether oxygens (including phenoxy) is 2. The number of esters is 2. The molecule has 0 amide bonds. The van der Waals surface area contributed by atoms with Gasteiger partial charge >= 0.3 is 19.8 Å². The van der Waals surface area contributed by atoms with Gasteiger partial charge in [0.2, 0.25) is 0 Å². The Bertz CT molecular complexity index is 1130. The van der Waals surface area contributed by atoms with Gasteiger partial charge in [0.05, 0.1) is 27.7 Å². The van der Waals surface area contributed by atoms with Crippen LogP contribution in [0, 0.1) is 0 Å². The number of ketones is 1. The lowest BCUT2D eigenvalue weighted by Crippen LogP contribution is -2.37. The number of phosphoric ester groups is 1. The highest BCUT2D eigenvalue weighted by molar-refractivity contribution is 7.47. The molecule has 0 aromatic rings. The normalized spacial score (nSPS) is 13.8. The summed E-state index contributed by atoms with van der Waals surface area (Å²) < 4.78 is 34.3. The van der Waals surface area contributed by atoms with E-state index in [1.54, 1.807) is 6.08 Å². The van der Waals surface area contributed by atoms with Gasteiger partial charge in [-0.15, -0.1) is 0 Å². The van der Waals surface area contributed by atoms with E-state index in [1.165, 1.54) is 64.2 Å². The summed E-state index contributed by atoms with van der Waals surface area (Å²) in [4.78, 5) is 47.1. The molecular weight excluding hydrogens is 741 g/mol. The molecule has 0 bridgehead atoms. The molecule has 0 aliphatic rings. The van der Waals surface area contributed by atoms with Gasteiger partial charge in [0.1, 0.15) is 19.8 Å². The minimum Gasteiger partial charge on any atom is -0.462 e. The van der Waals surface area contributed by atoms with E-state index in [0.29, 0.717) is 30.3 Å². The molecule has 11 heteroatoms. The Kier molecular flexibility index (Phi) is 36.7. The van der Waals surface area contributed by atoms with Crippen molar-refractivity contribution in [1.82, 2.24) is 0 Å². The maximum Gasteiger partial charge on any atom is 0.472 e. The second kappa shape index (κ2) is 38.1. The summed E-state index contributed by atoms with van der Waals surface area (Å²) in [6.07, 6.45) is 38.8. The first-order valence-corrected chi connectivity index (χ1v) is 24.2. The van der Waals surface area contributed by atoms with Crippen LogP contribution in [0.25, 0.3) is 0 Å². The molecule has 0 saturated heterocycles. The number of hydrogen-bond donors (Lipinski definition) is 1. The monoisotopic (exact) mass is 827 g/mol. The molecule has 0 saturated carbocycles. The molecule has 332 valence electrons. The van der Waals surface area contributed by atoms with Crippen molar-refractivity contribution in [1.29, 1.82) is 0 Å². The predicted octanol–water partition coefficient (Wildman–Crippen LogP) is 12.1. The molecule has 0 radical (unpaired) electrons. The highest BCUT2D eigenvalue weighted by atomic mass is 31.2. The second-order valence-corrected chi connectivity index (χ2v) is 17.9.